The molecular formula is C13H9ClFN3. The fourth-order valence-electron chi connectivity index (χ4n) is 1.83. The van der Waals surface area contributed by atoms with Crippen LogP contribution in [0.4, 0.5) is 10.1 Å². The lowest BCUT2D eigenvalue weighted by atomic mass is 10.2. The molecule has 3 rings (SSSR count). The third kappa shape index (κ3) is 1.80. The highest BCUT2D eigenvalue weighted by atomic mass is 35.5. The maximum atomic E-state index is 13.7. The van der Waals surface area contributed by atoms with Gasteiger partial charge in [-0.05, 0) is 36.4 Å². The number of hydrogen-bond acceptors (Lipinski definition) is 2. The van der Waals surface area contributed by atoms with Gasteiger partial charge >= 0.3 is 0 Å². The lowest BCUT2D eigenvalue weighted by Crippen LogP contribution is -1.90. The number of nitrogens with two attached hydrogens (primary N) is 1. The number of fused-ring (bicyclic) bond motifs is 1. The molecule has 1 aromatic heterocycles. The van der Waals surface area contributed by atoms with Crippen LogP contribution in [0.2, 0.25) is 5.02 Å². The average molecular weight is 262 g/mol. The number of hydrogen-bond donors (Lipinski definition) is 2. The van der Waals surface area contributed by atoms with Gasteiger partial charge in [-0.25, -0.2) is 9.37 Å². The summed E-state index contributed by atoms with van der Waals surface area (Å²) in [5.74, 6) is 0.0754. The topological polar surface area (TPSA) is 54.7 Å². The summed E-state index contributed by atoms with van der Waals surface area (Å²) in [5, 5.41) is 0.603. The number of benzene rings is 2. The quantitative estimate of drug-likeness (QED) is 0.658. The van der Waals surface area contributed by atoms with Gasteiger partial charge in [0.15, 0.2) is 0 Å². The van der Waals surface area contributed by atoms with Gasteiger partial charge in [-0.15, -0.1) is 0 Å². The number of anilines is 1. The fraction of sp³-hybridized carbons (Fsp3) is 0. The number of rotatable bonds is 1. The zero-order valence-electron chi connectivity index (χ0n) is 9.24. The number of nitrogens with one attached hydrogen (secondary N) is 1. The zero-order chi connectivity index (χ0) is 12.7. The number of imidazole rings is 1. The molecule has 0 aliphatic carbocycles. The lowest BCUT2D eigenvalue weighted by molar-refractivity contribution is 0.630. The SMILES string of the molecule is Nc1ccc(F)c(-c2nc3ccc(Cl)cc3[nH]2)c1. The third-order valence-corrected chi connectivity index (χ3v) is 2.92. The molecule has 0 bridgehead atoms. The summed E-state index contributed by atoms with van der Waals surface area (Å²) in [4.78, 5) is 7.35. The normalized spacial score (nSPS) is 11.0. The molecule has 18 heavy (non-hydrogen) atoms. The van der Waals surface area contributed by atoms with Crippen LogP contribution in [0.1, 0.15) is 0 Å². The molecule has 3 N–H and O–H groups in total. The van der Waals surface area contributed by atoms with Crippen molar-refractivity contribution in [3.8, 4) is 11.4 Å². The number of halogens is 2. The van der Waals surface area contributed by atoms with E-state index in [2.05, 4.69) is 9.97 Å². The van der Waals surface area contributed by atoms with E-state index in [0.717, 1.165) is 11.0 Å². The summed E-state index contributed by atoms with van der Waals surface area (Å²) < 4.78 is 13.7. The van der Waals surface area contributed by atoms with Crippen LogP contribution in [0.25, 0.3) is 22.4 Å². The number of aromatic amines is 1. The maximum absolute atomic E-state index is 13.7. The number of H-pyrrole nitrogens is 1. The van der Waals surface area contributed by atoms with E-state index in [1.54, 1.807) is 24.3 Å². The van der Waals surface area contributed by atoms with Gasteiger partial charge in [0.25, 0.3) is 0 Å². The molecule has 1 heterocycles. The van der Waals surface area contributed by atoms with Gasteiger partial charge in [-0.2, -0.15) is 0 Å². The first-order valence-corrected chi connectivity index (χ1v) is 5.72. The van der Waals surface area contributed by atoms with Gasteiger partial charge in [0.2, 0.25) is 0 Å². The fourth-order valence-corrected chi connectivity index (χ4v) is 2.01. The molecule has 0 saturated heterocycles. The van der Waals surface area contributed by atoms with Gasteiger partial charge in [-0.1, -0.05) is 11.6 Å². The molecule has 2 aromatic carbocycles. The molecule has 0 radical (unpaired) electrons. The lowest BCUT2D eigenvalue weighted by Gasteiger charge is -2.00. The Bertz CT molecular complexity index is 736. The second-order valence-corrected chi connectivity index (χ2v) is 4.42. The molecule has 3 nitrogen and oxygen atoms in total. The number of aromatic nitrogens is 2. The van der Waals surface area contributed by atoms with Crippen molar-refractivity contribution >= 4 is 28.3 Å². The largest absolute Gasteiger partial charge is 0.399 e. The van der Waals surface area contributed by atoms with Gasteiger partial charge in [0.1, 0.15) is 11.6 Å². The standard InChI is InChI=1S/C13H9ClFN3/c14-7-1-4-11-12(5-7)18-13(17-11)9-6-8(16)2-3-10(9)15/h1-6H,16H2,(H,17,18). The Labute approximate surface area is 107 Å². The molecular weight excluding hydrogens is 253 g/mol. The van der Waals surface area contributed by atoms with E-state index >= 15 is 0 Å². The molecule has 0 atom stereocenters. The van der Waals surface area contributed by atoms with E-state index in [4.69, 9.17) is 17.3 Å². The van der Waals surface area contributed by atoms with Crippen LogP contribution in [0, 0.1) is 5.82 Å². The van der Waals surface area contributed by atoms with Crippen LogP contribution in [0.3, 0.4) is 0 Å². The second-order valence-electron chi connectivity index (χ2n) is 3.99. The molecule has 0 aliphatic heterocycles. The summed E-state index contributed by atoms with van der Waals surface area (Å²) in [6, 6.07) is 9.65. The highest BCUT2D eigenvalue weighted by Gasteiger charge is 2.10. The first kappa shape index (κ1) is 11.0. The molecule has 3 aromatic rings. The van der Waals surface area contributed by atoms with Gasteiger partial charge in [0, 0.05) is 10.7 Å². The molecule has 90 valence electrons. The van der Waals surface area contributed by atoms with Gasteiger partial charge < -0.3 is 10.7 Å². The predicted molar refractivity (Wildman–Crippen MR) is 70.9 cm³/mol. The van der Waals surface area contributed by atoms with E-state index in [-0.39, 0.29) is 5.82 Å². The van der Waals surface area contributed by atoms with Gasteiger partial charge in [-0.3, -0.25) is 0 Å². The van der Waals surface area contributed by atoms with Crippen LogP contribution < -0.4 is 5.73 Å². The highest BCUT2D eigenvalue weighted by Crippen LogP contribution is 2.26. The molecule has 0 amide bonds. The number of nitrogens with zero attached hydrogens (tertiary/aromatic N) is 1. The summed E-state index contributed by atoms with van der Waals surface area (Å²) in [7, 11) is 0. The Morgan fingerprint density at radius 1 is 1.17 bits per heavy atom. The monoisotopic (exact) mass is 261 g/mol. The van der Waals surface area contributed by atoms with E-state index in [1.165, 1.54) is 12.1 Å². The molecule has 0 saturated carbocycles. The predicted octanol–water partition coefficient (Wildman–Crippen LogP) is 3.60. The summed E-state index contributed by atoms with van der Waals surface area (Å²) >= 11 is 5.89. The smallest absolute Gasteiger partial charge is 0.141 e. The van der Waals surface area contributed by atoms with Crippen molar-refractivity contribution in [2.24, 2.45) is 0 Å². The molecule has 0 unspecified atom stereocenters. The Kier molecular flexibility index (Phi) is 2.45. The van der Waals surface area contributed by atoms with E-state index in [0.29, 0.717) is 22.1 Å². The van der Waals surface area contributed by atoms with Crippen LogP contribution in [-0.2, 0) is 0 Å². The summed E-state index contributed by atoms with van der Waals surface area (Å²) in [6.07, 6.45) is 0. The maximum Gasteiger partial charge on any atom is 0.141 e. The van der Waals surface area contributed by atoms with Crippen LogP contribution in [0.15, 0.2) is 36.4 Å². The number of nitrogen functional groups attached to an aromatic ring is 1. The first-order valence-electron chi connectivity index (χ1n) is 5.34. The van der Waals surface area contributed by atoms with E-state index < -0.39 is 0 Å². The zero-order valence-corrected chi connectivity index (χ0v) is 10.0. The minimum Gasteiger partial charge on any atom is -0.399 e. The summed E-state index contributed by atoms with van der Waals surface area (Å²) in [6.45, 7) is 0. The molecule has 5 heteroatoms. The molecule has 0 aliphatic rings. The second kappa shape index (κ2) is 3.99. The molecule has 0 spiro atoms. The summed E-state index contributed by atoms with van der Waals surface area (Å²) in [5.41, 5.74) is 7.99. The van der Waals surface area contributed by atoms with E-state index in [1.807, 2.05) is 0 Å². The third-order valence-electron chi connectivity index (χ3n) is 2.69. The van der Waals surface area contributed by atoms with Crippen molar-refractivity contribution in [2.45, 2.75) is 0 Å². The van der Waals surface area contributed by atoms with Crippen LogP contribution in [-0.4, -0.2) is 9.97 Å². The van der Waals surface area contributed by atoms with Gasteiger partial charge in [0.05, 0.1) is 16.6 Å². The molecule has 0 fully saturated rings. The van der Waals surface area contributed by atoms with Crippen LogP contribution in [0.5, 0.6) is 0 Å². The minimum atomic E-state index is -0.366. The Morgan fingerprint density at radius 3 is 2.83 bits per heavy atom. The van der Waals surface area contributed by atoms with Crippen molar-refractivity contribution in [1.29, 1.82) is 0 Å². The van der Waals surface area contributed by atoms with Crippen molar-refractivity contribution in [3.05, 3.63) is 47.2 Å². The van der Waals surface area contributed by atoms with Crippen molar-refractivity contribution in [1.82, 2.24) is 9.97 Å². The van der Waals surface area contributed by atoms with Crippen LogP contribution >= 0.6 is 11.6 Å². The average Bonchev–Trinajstić information content (AvgIpc) is 2.74. The first-order chi connectivity index (χ1) is 8.63. The Balaban J connectivity index is 2.22. The Hall–Kier alpha value is -2.07. The highest BCUT2D eigenvalue weighted by molar-refractivity contribution is 6.31. The van der Waals surface area contributed by atoms with Crippen molar-refractivity contribution in [3.63, 3.8) is 0 Å². The Morgan fingerprint density at radius 2 is 2.00 bits per heavy atom. The minimum absolute atomic E-state index is 0.349. The van der Waals surface area contributed by atoms with E-state index in [9.17, 15) is 4.39 Å². The van der Waals surface area contributed by atoms with Crippen molar-refractivity contribution < 1.29 is 4.39 Å². The van der Waals surface area contributed by atoms with Crippen molar-refractivity contribution in [2.75, 3.05) is 5.73 Å².